The average Bonchev–Trinajstić information content (AvgIpc) is 2.96. The maximum atomic E-state index is 3.68. The zero-order valence-electron chi connectivity index (χ0n) is 12.4. The second-order valence-corrected chi connectivity index (χ2v) is 6.00. The van der Waals surface area contributed by atoms with E-state index in [-0.39, 0.29) is 0 Å². The van der Waals surface area contributed by atoms with Gasteiger partial charge in [-0.15, -0.1) is 0 Å². The Bertz CT molecular complexity index is 1180. The van der Waals surface area contributed by atoms with Crippen LogP contribution in [-0.4, -0.2) is 4.98 Å². The van der Waals surface area contributed by atoms with Gasteiger partial charge in [0.1, 0.15) is 0 Å². The summed E-state index contributed by atoms with van der Waals surface area (Å²) in [7, 11) is 0. The highest BCUT2D eigenvalue weighted by Crippen LogP contribution is 2.36. The predicted octanol–water partition coefficient (Wildman–Crippen LogP) is 5.94. The van der Waals surface area contributed by atoms with Crippen LogP contribution in [0.3, 0.4) is 0 Å². The summed E-state index contributed by atoms with van der Waals surface area (Å²) in [6, 6.07) is 24.0. The van der Waals surface area contributed by atoms with Crippen molar-refractivity contribution in [2.75, 3.05) is 0 Å². The zero-order chi connectivity index (χ0) is 14.7. The van der Waals surface area contributed by atoms with Crippen LogP contribution in [0.2, 0.25) is 0 Å². The molecule has 22 heavy (non-hydrogen) atoms. The average molecular weight is 281 g/mol. The van der Waals surface area contributed by atoms with Crippen molar-refractivity contribution in [3.05, 3.63) is 72.3 Å². The largest absolute Gasteiger partial charge is 0.354 e. The summed E-state index contributed by atoms with van der Waals surface area (Å²) in [6.07, 6.45) is 0. The summed E-state index contributed by atoms with van der Waals surface area (Å²) < 4.78 is 0. The summed E-state index contributed by atoms with van der Waals surface area (Å²) in [5.74, 6) is 0. The Morgan fingerprint density at radius 1 is 0.636 bits per heavy atom. The van der Waals surface area contributed by atoms with Crippen molar-refractivity contribution in [1.82, 2.24) is 4.98 Å². The van der Waals surface area contributed by atoms with Gasteiger partial charge in [-0.05, 0) is 34.7 Å². The van der Waals surface area contributed by atoms with Crippen molar-refractivity contribution in [2.45, 2.75) is 6.92 Å². The minimum atomic E-state index is 1.24. The fourth-order valence-electron chi connectivity index (χ4n) is 3.67. The van der Waals surface area contributed by atoms with E-state index < -0.39 is 0 Å². The van der Waals surface area contributed by atoms with E-state index >= 15 is 0 Å². The van der Waals surface area contributed by atoms with E-state index in [1.807, 2.05) is 0 Å². The molecule has 1 nitrogen and oxygen atoms in total. The fourth-order valence-corrected chi connectivity index (χ4v) is 3.67. The molecule has 4 aromatic carbocycles. The highest BCUT2D eigenvalue weighted by atomic mass is 14.7. The summed E-state index contributed by atoms with van der Waals surface area (Å²) in [5, 5.41) is 7.86. The molecule has 0 amide bonds. The van der Waals surface area contributed by atoms with Crippen molar-refractivity contribution in [2.24, 2.45) is 0 Å². The molecule has 0 saturated carbocycles. The van der Waals surface area contributed by atoms with E-state index in [1.165, 1.54) is 48.9 Å². The predicted molar refractivity (Wildman–Crippen MR) is 95.6 cm³/mol. The van der Waals surface area contributed by atoms with E-state index in [4.69, 9.17) is 0 Å². The number of nitrogens with one attached hydrogen (secondary N) is 1. The first-order chi connectivity index (χ1) is 10.8. The summed E-state index contributed by atoms with van der Waals surface area (Å²) in [4.78, 5) is 3.68. The van der Waals surface area contributed by atoms with Gasteiger partial charge in [0.05, 0.1) is 11.0 Å². The smallest absolute Gasteiger partial charge is 0.0544 e. The number of benzene rings is 4. The number of fused-ring (bicyclic) bond motifs is 7. The van der Waals surface area contributed by atoms with E-state index in [2.05, 4.69) is 78.6 Å². The Balaban J connectivity index is 2.14. The molecule has 0 aliphatic carbocycles. The van der Waals surface area contributed by atoms with Gasteiger partial charge < -0.3 is 4.98 Å². The molecule has 0 aliphatic rings. The van der Waals surface area contributed by atoms with Gasteiger partial charge in [0.15, 0.2) is 0 Å². The van der Waals surface area contributed by atoms with Crippen LogP contribution in [0.15, 0.2) is 66.7 Å². The molecular formula is C21H15N. The molecule has 0 bridgehead atoms. The lowest BCUT2D eigenvalue weighted by molar-refractivity contribution is 1.47. The standard InChI is InChI=1S/C21H15N/c1-13-12-15-7-3-4-8-16(15)19-18-11-10-14-6-2-5-9-17(14)21(18)22-20(13)19/h2-12,22H,1H3. The highest BCUT2D eigenvalue weighted by molar-refractivity contribution is 6.25. The molecule has 0 fully saturated rings. The number of hydrogen-bond acceptors (Lipinski definition) is 0. The molecule has 5 aromatic rings. The van der Waals surface area contributed by atoms with Gasteiger partial charge in [-0.25, -0.2) is 0 Å². The summed E-state index contributed by atoms with van der Waals surface area (Å²) >= 11 is 0. The summed E-state index contributed by atoms with van der Waals surface area (Å²) in [5.41, 5.74) is 3.80. The summed E-state index contributed by atoms with van der Waals surface area (Å²) in [6.45, 7) is 2.19. The Morgan fingerprint density at radius 3 is 2.23 bits per heavy atom. The van der Waals surface area contributed by atoms with Gasteiger partial charge in [0.2, 0.25) is 0 Å². The highest BCUT2D eigenvalue weighted by Gasteiger charge is 2.12. The van der Waals surface area contributed by atoms with Crippen LogP contribution in [0.25, 0.3) is 43.4 Å². The first kappa shape index (κ1) is 11.8. The van der Waals surface area contributed by atoms with Crippen molar-refractivity contribution in [3.8, 4) is 0 Å². The van der Waals surface area contributed by atoms with Gasteiger partial charge in [-0.2, -0.15) is 0 Å². The number of rotatable bonds is 0. The molecule has 0 saturated heterocycles. The van der Waals surface area contributed by atoms with Gasteiger partial charge in [-0.3, -0.25) is 0 Å². The number of aromatic nitrogens is 1. The molecule has 104 valence electrons. The van der Waals surface area contributed by atoms with Gasteiger partial charge in [-0.1, -0.05) is 60.7 Å². The third-order valence-electron chi connectivity index (χ3n) is 4.69. The molecule has 1 N–H and O–H groups in total. The number of aryl methyl sites for hydroxylation is 1. The van der Waals surface area contributed by atoms with Crippen LogP contribution >= 0.6 is 0 Å². The monoisotopic (exact) mass is 281 g/mol. The molecule has 0 unspecified atom stereocenters. The lowest BCUT2D eigenvalue weighted by atomic mass is 9.99. The first-order valence-electron chi connectivity index (χ1n) is 7.64. The molecule has 0 atom stereocenters. The SMILES string of the molecule is Cc1cc2ccccc2c2c1[nH]c1c3ccccc3ccc12. The van der Waals surface area contributed by atoms with E-state index in [0.717, 1.165) is 0 Å². The van der Waals surface area contributed by atoms with E-state index in [0.29, 0.717) is 0 Å². The van der Waals surface area contributed by atoms with Crippen molar-refractivity contribution in [1.29, 1.82) is 0 Å². The number of aromatic amines is 1. The Kier molecular flexibility index (Phi) is 2.21. The van der Waals surface area contributed by atoms with E-state index in [1.54, 1.807) is 0 Å². The maximum Gasteiger partial charge on any atom is 0.0544 e. The first-order valence-corrected chi connectivity index (χ1v) is 7.64. The quantitative estimate of drug-likeness (QED) is 0.362. The van der Waals surface area contributed by atoms with Crippen molar-refractivity contribution < 1.29 is 0 Å². The lowest BCUT2D eigenvalue weighted by Gasteiger charge is -2.03. The van der Waals surface area contributed by atoms with Crippen molar-refractivity contribution >= 4 is 43.4 Å². The van der Waals surface area contributed by atoms with Crippen LogP contribution in [0.5, 0.6) is 0 Å². The van der Waals surface area contributed by atoms with Crippen LogP contribution in [0, 0.1) is 6.92 Å². The minimum Gasteiger partial charge on any atom is -0.354 e. The Morgan fingerprint density at radius 2 is 1.36 bits per heavy atom. The molecule has 5 rings (SSSR count). The van der Waals surface area contributed by atoms with Gasteiger partial charge in [0.25, 0.3) is 0 Å². The zero-order valence-corrected chi connectivity index (χ0v) is 12.4. The topological polar surface area (TPSA) is 15.8 Å². The molecule has 1 heterocycles. The second kappa shape index (κ2) is 4.11. The molecule has 0 aliphatic heterocycles. The third-order valence-corrected chi connectivity index (χ3v) is 4.69. The molecule has 0 spiro atoms. The molecular weight excluding hydrogens is 266 g/mol. The normalized spacial score (nSPS) is 11.9. The minimum absolute atomic E-state index is 1.24. The molecule has 0 radical (unpaired) electrons. The third kappa shape index (κ3) is 1.43. The number of hydrogen-bond donors (Lipinski definition) is 1. The molecule has 1 heteroatoms. The lowest BCUT2D eigenvalue weighted by Crippen LogP contribution is -1.79. The van der Waals surface area contributed by atoms with Crippen LogP contribution in [0.4, 0.5) is 0 Å². The second-order valence-electron chi connectivity index (χ2n) is 6.00. The van der Waals surface area contributed by atoms with Crippen LogP contribution in [-0.2, 0) is 0 Å². The Labute approximate surface area is 128 Å². The van der Waals surface area contributed by atoms with Gasteiger partial charge in [0, 0.05) is 16.2 Å². The van der Waals surface area contributed by atoms with Gasteiger partial charge >= 0.3 is 0 Å². The fraction of sp³-hybridized carbons (Fsp3) is 0.0476. The Hall–Kier alpha value is -2.80. The van der Waals surface area contributed by atoms with Crippen LogP contribution in [0.1, 0.15) is 5.56 Å². The van der Waals surface area contributed by atoms with E-state index in [9.17, 15) is 0 Å². The number of H-pyrrole nitrogens is 1. The van der Waals surface area contributed by atoms with Crippen molar-refractivity contribution in [3.63, 3.8) is 0 Å². The van der Waals surface area contributed by atoms with Crippen LogP contribution < -0.4 is 0 Å². The molecule has 1 aromatic heterocycles. The maximum absolute atomic E-state index is 3.68.